The van der Waals surface area contributed by atoms with Crippen LogP contribution in [0.2, 0.25) is 0 Å². The molecule has 0 saturated carbocycles. The Morgan fingerprint density at radius 2 is 1.94 bits per heavy atom. The second-order valence-electron chi connectivity index (χ2n) is 9.24. The molecule has 0 saturated heterocycles. The Kier molecular flexibility index (Phi) is 9.23. The van der Waals surface area contributed by atoms with E-state index in [1.165, 1.54) is 18.2 Å². The third-order valence-corrected chi connectivity index (χ3v) is 6.46. The minimum atomic E-state index is -0.610. The summed E-state index contributed by atoms with van der Waals surface area (Å²) in [6, 6.07) is 10.8. The second-order valence-corrected chi connectivity index (χ2v) is 9.24. The largest absolute Gasteiger partial charge is 0.491 e. The monoisotopic (exact) mass is 485 g/mol. The van der Waals surface area contributed by atoms with Crippen LogP contribution < -0.4 is 10.1 Å². The highest BCUT2D eigenvalue weighted by molar-refractivity contribution is 6.05. The molecule has 2 amide bonds. The number of carbonyl (C=O) groups excluding carboxylic acids is 2. The quantitative estimate of drug-likeness (QED) is 0.684. The zero-order valence-electron chi connectivity index (χ0n) is 21.2. The van der Waals surface area contributed by atoms with Gasteiger partial charge >= 0.3 is 0 Å². The summed E-state index contributed by atoms with van der Waals surface area (Å²) in [5.41, 5.74) is 0.643. The predicted molar refractivity (Wildman–Crippen MR) is 135 cm³/mol. The van der Waals surface area contributed by atoms with Crippen molar-refractivity contribution in [1.82, 2.24) is 9.80 Å². The first kappa shape index (κ1) is 26.6. The second kappa shape index (κ2) is 12.1. The first-order valence-electron chi connectivity index (χ1n) is 12.1. The molecule has 1 aliphatic rings. The number of rotatable bonds is 5. The van der Waals surface area contributed by atoms with Crippen LogP contribution in [0.5, 0.6) is 5.75 Å². The van der Waals surface area contributed by atoms with Crippen LogP contribution in [0.15, 0.2) is 42.5 Å². The number of amides is 2. The van der Waals surface area contributed by atoms with Gasteiger partial charge in [0.1, 0.15) is 18.2 Å². The van der Waals surface area contributed by atoms with E-state index in [4.69, 9.17) is 9.47 Å². The van der Waals surface area contributed by atoms with Gasteiger partial charge in [0.05, 0.1) is 17.2 Å². The SMILES string of the molecule is CCCN1C[C@H](C)[C@H](OC)CN(C)C(=O)c2cc(NC(=O)c3ccccc3F)ccc2OC[C@@H]1C. The van der Waals surface area contributed by atoms with Gasteiger partial charge in [0, 0.05) is 39.0 Å². The normalized spacial score (nSPS) is 21.9. The lowest BCUT2D eigenvalue weighted by Gasteiger charge is -2.35. The van der Waals surface area contributed by atoms with E-state index in [1.807, 2.05) is 0 Å². The molecule has 0 aliphatic carbocycles. The summed E-state index contributed by atoms with van der Waals surface area (Å²) in [4.78, 5) is 30.1. The minimum Gasteiger partial charge on any atom is -0.491 e. The van der Waals surface area contributed by atoms with Gasteiger partial charge in [0.25, 0.3) is 11.8 Å². The molecular formula is C27H36FN3O4. The molecule has 35 heavy (non-hydrogen) atoms. The van der Waals surface area contributed by atoms with Crippen molar-refractivity contribution in [2.75, 3.05) is 45.7 Å². The van der Waals surface area contributed by atoms with E-state index < -0.39 is 11.7 Å². The van der Waals surface area contributed by atoms with Gasteiger partial charge in [-0.15, -0.1) is 0 Å². The van der Waals surface area contributed by atoms with Gasteiger partial charge in [0.15, 0.2) is 0 Å². The molecule has 8 heteroatoms. The number of nitrogens with zero attached hydrogens (tertiary/aromatic N) is 2. The van der Waals surface area contributed by atoms with Crippen molar-refractivity contribution in [3.8, 4) is 5.75 Å². The Balaban J connectivity index is 1.93. The van der Waals surface area contributed by atoms with E-state index in [0.29, 0.717) is 30.2 Å². The highest BCUT2D eigenvalue weighted by atomic mass is 19.1. The fourth-order valence-electron chi connectivity index (χ4n) is 4.37. The molecule has 2 aromatic carbocycles. The highest BCUT2D eigenvalue weighted by Gasteiger charge is 2.28. The lowest BCUT2D eigenvalue weighted by Crippen LogP contribution is -2.46. The minimum absolute atomic E-state index is 0.0678. The lowest BCUT2D eigenvalue weighted by atomic mass is 10.0. The summed E-state index contributed by atoms with van der Waals surface area (Å²) in [5, 5.41) is 2.69. The average Bonchev–Trinajstić information content (AvgIpc) is 2.84. The Bertz CT molecular complexity index is 1030. The molecule has 0 bridgehead atoms. The summed E-state index contributed by atoms with van der Waals surface area (Å²) in [7, 11) is 3.40. The number of carbonyl (C=O) groups is 2. The van der Waals surface area contributed by atoms with Gasteiger partial charge in [-0.1, -0.05) is 26.0 Å². The van der Waals surface area contributed by atoms with E-state index in [1.54, 1.807) is 43.3 Å². The fourth-order valence-corrected chi connectivity index (χ4v) is 4.37. The Hall–Kier alpha value is -2.97. The van der Waals surface area contributed by atoms with Crippen molar-refractivity contribution in [3.05, 3.63) is 59.4 Å². The van der Waals surface area contributed by atoms with Gasteiger partial charge in [0.2, 0.25) is 0 Å². The number of halogens is 1. The topological polar surface area (TPSA) is 71.1 Å². The van der Waals surface area contributed by atoms with Crippen molar-refractivity contribution in [2.24, 2.45) is 5.92 Å². The Labute approximate surface area is 207 Å². The predicted octanol–water partition coefficient (Wildman–Crippen LogP) is 4.29. The smallest absolute Gasteiger partial charge is 0.258 e. The molecule has 7 nitrogen and oxygen atoms in total. The van der Waals surface area contributed by atoms with Crippen LogP contribution >= 0.6 is 0 Å². The van der Waals surface area contributed by atoms with Gasteiger partial charge in [-0.3, -0.25) is 14.5 Å². The number of anilines is 1. The molecular weight excluding hydrogens is 449 g/mol. The van der Waals surface area contributed by atoms with E-state index in [0.717, 1.165) is 19.5 Å². The first-order chi connectivity index (χ1) is 16.7. The summed E-state index contributed by atoms with van der Waals surface area (Å²) in [6.45, 7) is 9.01. The molecule has 0 fully saturated rings. The molecule has 2 aromatic rings. The molecule has 1 heterocycles. The van der Waals surface area contributed by atoms with E-state index in [2.05, 4.69) is 31.0 Å². The summed E-state index contributed by atoms with van der Waals surface area (Å²) in [5.74, 6) is -0.795. The van der Waals surface area contributed by atoms with Crippen LogP contribution in [-0.2, 0) is 4.74 Å². The third kappa shape index (κ3) is 6.58. The first-order valence-corrected chi connectivity index (χ1v) is 12.1. The molecule has 0 unspecified atom stereocenters. The number of fused-ring (bicyclic) bond motifs is 1. The number of methoxy groups -OCH3 is 1. The summed E-state index contributed by atoms with van der Waals surface area (Å²) >= 11 is 0. The van der Waals surface area contributed by atoms with Crippen LogP contribution in [0.4, 0.5) is 10.1 Å². The molecule has 3 rings (SSSR count). The van der Waals surface area contributed by atoms with Gasteiger partial charge < -0.3 is 19.7 Å². The third-order valence-electron chi connectivity index (χ3n) is 6.46. The van der Waals surface area contributed by atoms with Crippen LogP contribution in [0.3, 0.4) is 0 Å². The maximum atomic E-state index is 14.1. The van der Waals surface area contributed by atoms with E-state index in [9.17, 15) is 14.0 Å². The van der Waals surface area contributed by atoms with Crippen molar-refractivity contribution >= 4 is 17.5 Å². The number of hydrogen-bond donors (Lipinski definition) is 1. The standard InChI is InChI=1S/C27H36FN3O4/c1-6-13-31-15-18(2)25(34-5)16-30(4)27(33)22-14-20(11-12-24(22)35-17-19(31)3)29-26(32)21-9-7-8-10-23(21)28/h7-12,14,18-19,25H,6,13,15-17H2,1-5H3,(H,29,32)/t18-,19-,25+/m0/s1. The highest BCUT2D eigenvalue weighted by Crippen LogP contribution is 2.27. The van der Waals surface area contributed by atoms with Crippen LogP contribution in [0, 0.1) is 11.7 Å². The summed E-state index contributed by atoms with van der Waals surface area (Å²) in [6.07, 6.45) is 0.887. The Morgan fingerprint density at radius 3 is 2.63 bits per heavy atom. The van der Waals surface area contributed by atoms with Gasteiger partial charge in [-0.2, -0.15) is 0 Å². The van der Waals surface area contributed by atoms with Crippen LogP contribution in [0.1, 0.15) is 47.9 Å². The maximum Gasteiger partial charge on any atom is 0.258 e. The molecule has 0 radical (unpaired) electrons. The van der Waals surface area contributed by atoms with E-state index >= 15 is 0 Å². The lowest BCUT2D eigenvalue weighted by molar-refractivity contribution is 0.0107. The number of hydrogen-bond acceptors (Lipinski definition) is 5. The van der Waals surface area contributed by atoms with Gasteiger partial charge in [-0.25, -0.2) is 4.39 Å². The molecule has 1 N–H and O–H groups in total. The van der Waals surface area contributed by atoms with Crippen molar-refractivity contribution < 1.29 is 23.5 Å². The molecule has 190 valence electrons. The number of nitrogens with one attached hydrogen (secondary N) is 1. The Morgan fingerprint density at radius 1 is 1.20 bits per heavy atom. The zero-order valence-corrected chi connectivity index (χ0v) is 21.2. The van der Waals surface area contributed by atoms with Crippen molar-refractivity contribution in [3.63, 3.8) is 0 Å². The molecule has 0 spiro atoms. The molecule has 1 aliphatic heterocycles. The maximum absolute atomic E-state index is 14.1. The van der Waals surface area contributed by atoms with Gasteiger partial charge in [-0.05, 0) is 56.1 Å². The van der Waals surface area contributed by atoms with Crippen molar-refractivity contribution in [1.29, 1.82) is 0 Å². The van der Waals surface area contributed by atoms with Crippen LogP contribution in [0.25, 0.3) is 0 Å². The number of ether oxygens (including phenoxy) is 2. The zero-order chi connectivity index (χ0) is 25.5. The molecule has 0 aromatic heterocycles. The average molecular weight is 486 g/mol. The molecule has 3 atom stereocenters. The van der Waals surface area contributed by atoms with E-state index in [-0.39, 0.29) is 29.5 Å². The van der Waals surface area contributed by atoms with Crippen molar-refractivity contribution in [2.45, 2.75) is 39.3 Å². The number of benzene rings is 2. The van der Waals surface area contributed by atoms with Crippen LogP contribution in [-0.4, -0.2) is 74.2 Å². The summed E-state index contributed by atoms with van der Waals surface area (Å²) < 4.78 is 25.9. The fraction of sp³-hybridized carbons (Fsp3) is 0.481. The number of likely N-dealkylation sites (N-methyl/N-ethyl adjacent to an activating group) is 1.